The van der Waals surface area contributed by atoms with Gasteiger partial charge in [-0.15, -0.1) is 0 Å². The van der Waals surface area contributed by atoms with E-state index in [1.54, 1.807) is 17.0 Å². The number of likely N-dealkylation sites (N-methyl/N-ethyl adjacent to an activating group) is 1. The second-order valence-corrected chi connectivity index (χ2v) is 14.8. The van der Waals surface area contributed by atoms with Crippen LogP contribution in [0.5, 0.6) is 11.5 Å². The molecule has 2 fully saturated rings. The number of hydrogen-bond donors (Lipinski definition) is 1. The van der Waals surface area contributed by atoms with Crippen LogP contribution < -0.4 is 13.8 Å². The maximum absolute atomic E-state index is 15.7. The van der Waals surface area contributed by atoms with Gasteiger partial charge in [0.15, 0.2) is 5.54 Å². The average Bonchev–Trinajstić information content (AvgIpc) is 3.88. The molecular formula is C37H40N6O7S. The number of methoxy groups -OCH3 is 2. The molecule has 2 saturated heterocycles. The monoisotopic (exact) mass is 712 g/mol. The number of fused-ring (bicyclic) bond motifs is 1. The fraction of sp³-hybridized carbons (Fsp3) is 0.378. The van der Waals surface area contributed by atoms with Crippen LogP contribution in [-0.4, -0.2) is 98.7 Å². The SMILES string of the molecule is CCN1CCN(Cc2ccc(OC)c(C3(N4C[C@H](O)C[C@H]4c4ncco4)C(=O)N(S(=O)(=O)c4ccc(OC)cc4)c4ccc(C#N)cc43)c2)CC1. The molecule has 3 aliphatic rings. The number of sulfonamides is 1. The van der Waals surface area contributed by atoms with Gasteiger partial charge in [-0.25, -0.2) is 17.7 Å². The van der Waals surface area contributed by atoms with E-state index in [1.807, 2.05) is 12.1 Å². The molecule has 0 radical (unpaired) electrons. The van der Waals surface area contributed by atoms with Crippen LogP contribution >= 0.6 is 0 Å². The molecule has 0 saturated carbocycles. The van der Waals surface area contributed by atoms with Crippen LogP contribution in [0.4, 0.5) is 5.69 Å². The lowest BCUT2D eigenvalue weighted by atomic mass is 9.79. The zero-order chi connectivity index (χ0) is 35.9. The van der Waals surface area contributed by atoms with Gasteiger partial charge in [0, 0.05) is 50.4 Å². The number of oxazole rings is 1. The minimum Gasteiger partial charge on any atom is -0.497 e. The number of carbonyl (C=O) groups excluding carboxylic acids is 1. The summed E-state index contributed by atoms with van der Waals surface area (Å²) in [5, 5.41) is 21.4. The van der Waals surface area contributed by atoms with Gasteiger partial charge < -0.3 is 23.9 Å². The third kappa shape index (κ3) is 5.84. The molecule has 3 aliphatic heterocycles. The Labute approximate surface area is 297 Å². The van der Waals surface area contributed by atoms with Gasteiger partial charge in [0.05, 0.1) is 54.8 Å². The standard InChI is InChI=1S/C37H40N6O7S/c1-4-40-14-16-41(17-15-40)23-26-6-12-34(49-3)31(20-26)37(42-24-27(44)21-33(42)35-39-13-18-50-35)30-19-25(22-38)5-11-32(30)43(36(37)45)51(46,47)29-9-7-28(48-2)8-10-29/h5-13,18-20,27,33,44H,4,14-17,21,23-24H2,1-3H3/t27-,33+,37?/m1/s1. The fourth-order valence-electron chi connectivity index (χ4n) is 7.70. The van der Waals surface area contributed by atoms with Crippen LogP contribution in [0.25, 0.3) is 0 Å². The molecule has 4 heterocycles. The number of hydrogen-bond acceptors (Lipinski definition) is 12. The topological polar surface area (TPSA) is 153 Å². The molecular weight excluding hydrogens is 673 g/mol. The first-order chi connectivity index (χ1) is 24.6. The Morgan fingerprint density at radius 3 is 2.39 bits per heavy atom. The van der Waals surface area contributed by atoms with E-state index in [4.69, 9.17) is 13.9 Å². The number of likely N-dealkylation sites (tertiary alicyclic amines) is 1. The van der Waals surface area contributed by atoms with Crippen molar-refractivity contribution in [1.29, 1.82) is 5.26 Å². The molecule has 3 aromatic carbocycles. The molecule has 1 aromatic heterocycles. The normalized spacial score (nSPS) is 23.0. The van der Waals surface area contributed by atoms with Crippen molar-refractivity contribution in [3.63, 3.8) is 0 Å². The minimum absolute atomic E-state index is 0.0300. The number of amides is 1. The Hall–Kier alpha value is -4.78. The maximum Gasteiger partial charge on any atom is 0.271 e. The predicted octanol–water partition coefficient (Wildman–Crippen LogP) is 3.49. The summed E-state index contributed by atoms with van der Waals surface area (Å²) >= 11 is 0. The van der Waals surface area contributed by atoms with Crippen molar-refractivity contribution in [2.45, 2.75) is 42.5 Å². The Morgan fingerprint density at radius 1 is 1.00 bits per heavy atom. The van der Waals surface area contributed by atoms with Crippen molar-refractivity contribution >= 4 is 21.6 Å². The van der Waals surface area contributed by atoms with Crippen LogP contribution in [0, 0.1) is 11.3 Å². The van der Waals surface area contributed by atoms with E-state index in [1.165, 1.54) is 63.1 Å². The number of carbonyl (C=O) groups is 1. The molecule has 1 amide bonds. The summed E-state index contributed by atoms with van der Waals surface area (Å²) in [4.78, 5) is 26.5. The lowest BCUT2D eigenvalue weighted by Gasteiger charge is -2.41. The van der Waals surface area contributed by atoms with E-state index in [0.29, 0.717) is 23.6 Å². The quantitative estimate of drug-likeness (QED) is 0.256. The van der Waals surface area contributed by atoms with Gasteiger partial charge in [0.2, 0.25) is 5.89 Å². The number of aromatic nitrogens is 1. The van der Waals surface area contributed by atoms with Gasteiger partial charge in [-0.05, 0) is 73.1 Å². The van der Waals surface area contributed by atoms with Crippen molar-refractivity contribution in [2.75, 3.05) is 57.8 Å². The number of β-amino-alcohol motifs (C(OH)–C–C–N with tert-alkyl or cyclic N) is 1. The first-order valence-electron chi connectivity index (χ1n) is 16.9. The second kappa shape index (κ2) is 13.7. The predicted molar refractivity (Wildman–Crippen MR) is 187 cm³/mol. The first kappa shape index (κ1) is 34.7. The molecule has 266 valence electrons. The van der Waals surface area contributed by atoms with Gasteiger partial charge in [0.1, 0.15) is 17.8 Å². The molecule has 0 spiro atoms. The van der Waals surface area contributed by atoms with E-state index >= 15 is 4.79 Å². The van der Waals surface area contributed by atoms with Crippen LogP contribution in [0.3, 0.4) is 0 Å². The summed E-state index contributed by atoms with van der Waals surface area (Å²) in [6.07, 6.45) is 2.16. The summed E-state index contributed by atoms with van der Waals surface area (Å²) in [7, 11) is -1.56. The summed E-state index contributed by atoms with van der Waals surface area (Å²) in [5.41, 5.74) is -0.0441. The van der Waals surface area contributed by atoms with Crippen molar-refractivity contribution < 1.29 is 32.2 Å². The van der Waals surface area contributed by atoms with E-state index in [-0.39, 0.29) is 40.6 Å². The molecule has 3 atom stereocenters. The van der Waals surface area contributed by atoms with Crippen LogP contribution in [0.15, 0.2) is 82.4 Å². The highest BCUT2D eigenvalue weighted by Crippen LogP contribution is 2.56. The van der Waals surface area contributed by atoms with Crippen molar-refractivity contribution in [3.8, 4) is 17.6 Å². The number of nitrogens with zero attached hydrogens (tertiary/aromatic N) is 6. The largest absolute Gasteiger partial charge is 0.497 e. The third-order valence-corrected chi connectivity index (χ3v) is 12.0. The summed E-state index contributed by atoms with van der Waals surface area (Å²) < 4.78 is 47.2. The van der Waals surface area contributed by atoms with E-state index in [2.05, 4.69) is 27.8 Å². The fourth-order valence-corrected chi connectivity index (χ4v) is 9.16. The Kier molecular flexibility index (Phi) is 9.34. The second-order valence-electron chi connectivity index (χ2n) is 13.0. The van der Waals surface area contributed by atoms with Gasteiger partial charge in [-0.3, -0.25) is 14.6 Å². The molecule has 0 bridgehead atoms. The zero-order valence-corrected chi connectivity index (χ0v) is 29.5. The van der Waals surface area contributed by atoms with Gasteiger partial charge in [0.25, 0.3) is 15.9 Å². The smallest absolute Gasteiger partial charge is 0.271 e. The minimum atomic E-state index is -4.54. The maximum atomic E-state index is 15.7. The number of aliphatic hydroxyl groups is 1. The summed E-state index contributed by atoms with van der Waals surface area (Å²) in [5.74, 6) is 0.248. The van der Waals surface area contributed by atoms with E-state index in [9.17, 15) is 18.8 Å². The number of rotatable bonds is 10. The van der Waals surface area contributed by atoms with Gasteiger partial charge in [-0.1, -0.05) is 13.0 Å². The van der Waals surface area contributed by atoms with Gasteiger partial charge in [-0.2, -0.15) is 5.26 Å². The van der Waals surface area contributed by atoms with Crippen molar-refractivity contribution in [3.05, 3.63) is 101 Å². The van der Waals surface area contributed by atoms with Crippen LogP contribution in [0.1, 0.15) is 47.5 Å². The highest BCUT2D eigenvalue weighted by atomic mass is 32.2. The molecule has 13 nitrogen and oxygen atoms in total. The highest BCUT2D eigenvalue weighted by molar-refractivity contribution is 7.93. The van der Waals surface area contributed by atoms with Crippen LogP contribution in [-0.2, 0) is 26.9 Å². The van der Waals surface area contributed by atoms with E-state index < -0.39 is 33.6 Å². The van der Waals surface area contributed by atoms with E-state index in [0.717, 1.165) is 42.6 Å². The highest BCUT2D eigenvalue weighted by Gasteiger charge is 2.63. The molecule has 1 N–H and O–H groups in total. The third-order valence-electron chi connectivity index (χ3n) is 10.2. The molecule has 4 aromatic rings. The van der Waals surface area contributed by atoms with Crippen molar-refractivity contribution in [2.24, 2.45) is 0 Å². The lowest BCUT2D eigenvalue weighted by molar-refractivity contribution is -0.127. The van der Waals surface area contributed by atoms with Gasteiger partial charge >= 0.3 is 0 Å². The zero-order valence-electron chi connectivity index (χ0n) is 28.7. The number of benzene rings is 3. The summed E-state index contributed by atoms with van der Waals surface area (Å²) in [6.45, 7) is 7.30. The molecule has 51 heavy (non-hydrogen) atoms. The Balaban J connectivity index is 1.47. The Bertz CT molecular complexity index is 2060. The molecule has 14 heteroatoms. The number of aliphatic hydroxyl groups excluding tert-OH is 1. The number of anilines is 1. The van der Waals surface area contributed by atoms with Crippen molar-refractivity contribution in [1.82, 2.24) is 19.7 Å². The Morgan fingerprint density at radius 2 is 1.75 bits per heavy atom. The first-order valence-corrected chi connectivity index (χ1v) is 18.3. The average molecular weight is 713 g/mol. The number of ether oxygens (including phenoxy) is 2. The molecule has 0 aliphatic carbocycles. The lowest BCUT2D eigenvalue weighted by Crippen LogP contribution is -2.55. The number of nitriles is 1. The molecule has 1 unspecified atom stereocenters. The molecule has 7 rings (SSSR count). The van der Waals surface area contributed by atoms with Crippen LogP contribution in [0.2, 0.25) is 0 Å². The number of piperazine rings is 1. The summed E-state index contributed by atoms with van der Waals surface area (Å²) in [6, 6.07) is 17.4.